The molecule has 0 spiro atoms. The zero-order valence-corrected chi connectivity index (χ0v) is 11.7. The Bertz CT molecular complexity index is 502. The lowest BCUT2D eigenvalue weighted by Gasteiger charge is -2.16. The van der Waals surface area contributed by atoms with Crippen LogP contribution in [0.3, 0.4) is 0 Å². The summed E-state index contributed by atoms with van der Waals surface area (Å²) in [5, 5.41) is 4.10. The summed E-state index contributed by atoms with van der Waals surface area (Å²) in [7, 11) is 0. The highest BCUT2D eigenvalue weighted by Gasteiger charge is 2.08. The van der Waals surface area contributed by atoms with E-state index in [4.69, 9.17) is 11.6 Å². The Labute approximate surface area is 114 Å². The lowest BCUT2D eigenvalue weighted by atomic mass is 10.1. The highest BCUT2D eigenvalue weighted by atomic mass is 79.9. The second kappa shape index (κ2) is 5.52. The smallest absolute Gasteiger partial charge is 0.0593 e. The summed E-state index contributed by atoms with van der Waals surface area (Å²) in [6.07, 6.45) is 3.63. The molecular weight excluding hydrogens is 300 g/mol. The average molecular weight is 312 g/mol. The molecule has 0 saturated carbocycles. The molecule has 0 fully saturated rings. The standard InChI is InChI=1S/C13H12BrClN2/c1-9(10-4-3-7-16-8-10)17-12-6-2-5-11(15)13(12)14/h2-9,17H,1H3. The summed E-state index contributed by atoms with van der Waals surface area (Å²) in [6, 6.07) is 9.92. The van der Waals surface area contributed by atoms with Crippen molar-refractivity contribution in [3.63, 3.8) is 0 Å². The number of pyridine rings is 1. The van der Waals surface area contributed by atoms with Crippen LogP contribution in [-0.4, -0.2) is 4.98 Å². The number of nitrogens with zero attached hydrogens (tertiary/aromatic N) is 1. The minimum absolute atomic E-state index is 0.179. The Morgan fingerprint density at radius 3 is 2.82 bits per heavy atom. The molecule has 0 aliphatic heterocycles. The van der Waals surface area contributed by atoms with E-state index in [1.165, 1.54) is 0 Å². The fourth-order valence-electron chi connectivity index (χ4n) is 1.56. The van der Waals surface area contributed by atoms with Gasteiger partial charge in [-0.25, -0.2) is 0 Å². The van der Waals surface area contributed by atoms with E-state index in [1.54, 1.807) is 6.20 Å². The van der Waals surface area contributed by atoms with Gasteiger partial charge in [0.1, 0.15) is 0 Å². The third kappa shape index (κ3) is 2.99. The number of rotatable bonds is 3. The molecule has 1 aromatic heterocycles. The summed E-state index contributed by atoms with van der Waals surface area (Å²) in [4.78, 5) is 4.11. The first kappa shape index (κ1) is 12.4. The van der Waals surface area contributed by atoms with Gasteiger partial charge < -0.3 is 5.32 Å². The zero-order chi connectivity index (χ0) is 12.3. The first-order valence-corrected chi connectivity index (χ1v) is 6.46. The number of halogens is 2. The van der Waals surface area contributed by atoms with Crippen molar-refractivity contribution in [3.05, 3.63) is 57.8 Å². The van der Waals surface area contributed by atoms with Crippen LogP contribution < -0.4 is 5.32 Å². The molecule has 0 bridgehead atoms. The highest BCUT2D eigenvalue weighted by molar-refractivity contribution is 9.10. The number of hydrogen-bond donors (Lipinski definition) is 1. The molecule has 17 heavy (non-hydrogen) atoms. The third-order valence-corrected chi connectivity index (χ3v) is 3.91. The quantitative estimate of drug-likeness (QED) is 0.891. The predicted octanol–water partition coefficient (Wildman–Crippen LogP) is 4.67. The second-order valence-electron chi connectivity index (χ2n) is 3.75. The topological polar surface area (TPSA) is 24.9 Å². The van der Waals surface area contributed by atoms with Gasteiger partial charge in [0.15, 0.2) is 0 Å². The van der Waals surface area contributed by atoms with Crippen LogP contribution in [0, 0.1) is 0 Å². The van der Waals surface area contributed by atoms with Gasteiger partial charge in [-0.15, -0.1) is 0 Å². The number of aromatic nitrogens is 1. The number of anilines is 1. The van der Waals surface area contributed by atoms with Gasteiger partial charge in [-0.1, -0.05) is 23.7 Å². The first-order valence-electron chi connectivity index (χ1n) is 5.29. The van der Waals surface area contributed by atoms with Gasteiger partial charge in [0.25, 0.3) is 0 Å². The van der Waals surface area contributed by atoms with E-state index >= 15 is 0 Å². The van der Waals surface area contributed by atoms with Crippen molar-refractivity contribution in [2.24, 2.45) is 0 Å². The van der Waals surface area contributed by atoms with Crippen LogP contribution in [0.2, 0.25) is 5.02 Å². The molecule has 0 amide bonds. The van der Waals surface area contributed by atoms with Crippen LogP contribution >= 0.6 is 27.5 Å². The molecule has 0 aliphatic carbocycles. The van der Waals surface area contributed by atoms with Gasteiger partial charge in [0.05, 0.1) is 21.2 Å². The van der Waals surface area contributed by atoms with E-state index in [9.17, 15) is 0 Å². The Kier molecular flexibility index (Phi) is 4.02. The van der Waals surface area contributed by atoms with Crippen LogP contribution in [-0.2, 0) is 0 Å². The number of hydrogen-bond acceptors (Lipinski definition) is 2. The summed E-state index contributed by atoms with van der Waals surface area (Å²) in [5.41, 5.74) is 2.12. The van der Waals surface area contributed by atoms with Crippen molar-refractivity contribution in [2.75, 3.05) is 5.32 Å². The van der Waals surface area contributed by atoms with Crippen molar-refractivity contribution in [2.45, 2.75) is 13.0 Å². The summed E-state index contributed by atoms with van der Waals surface area (Å²) in [6.45, 7) is 2.09. The molecule has 0 aliphatic rings. The molecule has 0 saturated heterocycles. The highest BCUT2D eigenvalue weighted by Crippen LogP contribution is 2.32. The molecule has 2 rings (SSSR count). The fraction of sp³-hybridized carbons (Fsp3) is 0.154. The van der Waals surface area contributed by atoms with Crippen molar-refractivity contribution in [1.82, 2.24) is 4.98 Å². The Morgan fingerprint density at radius 2 is 2.12 bits per heavy atom. The van der Waals surface area contributed by atoms with Crippen LogP contribution in [0.4, 0.5) is 5.69 Å². The van der Waals surface area contributed by atoms with Crippen LogP contribution in [0.5, 0.6) is 0 Å². The minimum Gasteiger partial charge on any atom is -0.378 e. The van der Waals surface area contributed by atoms with E-state index in [0.717, 1.165) is 15.7 Å². The molecule has 1 N–H and O–H groups in total. The molecule has 1 unspecified atom stereocenters. The van der Waals surface area contributed by atoms with Gasteiger partial charge >= 0.3 is 0 Å². The Balaban J connectivity index is 2.19. The number of benzene rings is 1. The van der Waals surface area contributed by atoms with Gasteiger partial charge in [0, 0.05) is 12.4 Å². The first-order chi connectivity index (χ1) is 8.18. The Hall–Kier alpha value is -1.06. The summed E-state index contributed by atoms with van der Waals surface area (Å²) >= 11 is 9.52. The molecular formula is C13H12BrClN2. The van der Waals surface area contributed by atoms with Crippen molar-refractivity contribution < 1.29 is 0 Å². The van der Waals surface area contributed by atoms with Crippen LogP contribution in [0.15, 0.2) is 47.2 Å². The lowest BCUT2D eigenvalue weighted by Crippen LogP contribution is -2.07. The molecule has 1 aromatic carbocycles. The minimum atomic E-state index is 0.179. The van der Waals surface area contributed by atoms with Crippen molar-refractivity contribution in [1.29, 1.82) is 0 Å². The van der Waals surface area contributed by atoms with Gasteiger partial charge in [0.2, 0.25) is 0 Å². The maximum atomic E-state index is 6.04. The lowest BCUT2D eigenvalue weighted by molar-refractivity contribution is 0.874. The SMILES string of the molecule is CC(Nc1cccc(Cl)c1Br)c1cccnc1. The molecule has 2 aromatic rings. The van der Waals surface area contributed by atoms with E-state index < -0.39 is 0 Å². The predicted molar refractivity (Wildman–Crippen MR) is 75.4 cm³/mol. The van der Waals surface area contributed by atoms with E-state index in [0.29, 0.717) is 5.02 Å². The summed E-state index contributed by atoms with van der Waals surface area (Å²) < 4.78 is 0.886. The van der Waals surface area contributed by atoms with Gasteiger partial charge in [-0.3, -0.25) is 4.98 Å². The number of nitrogens with one attached hydrogen (secondary N) is 1. The molecule has 1 heterocycles. The molecule has 2 nitrogen and oxygen atoms in total. The van der Waals surface area contributed by atoms with Crippen LogP contribution in [0.1, 0.15) is 18.5 Å². The average Bonchev–Trinajstić information content (AvgIpc) is 2.36. The van der Waals surface area contributed by atoms with Crippen molar-refractivity contribution in [3.8, 4) is 0 Å². The summed E-state index contributed by atoms with van der Waals surface area (Å²) in [5.74, 6) is 0. The maximum Gasteiger partial charge on any atom is 0.0593 e. The van der Waals surface area contributed by atoms with E-state index in [1.807, 2.05) is 36.5 Å². The second-order valence-corrected chi connectivity index (χ2v) is 4.95. The Morgan fingerprint density at radius 1 is 1.29 bits per heavy atom. The van der Waals surface area contributed by atoms with Gasteiger partial charge in [-0.05, 0) is 46.6 Å². The third-order valence-electron chi connectivity index (χ3n) is 2.51. The molecule has 4 heteroatoms. The monoisotopic (exact) mass is 310 g/mol. The van der Waals surface area contributed by atoms with Gasteiger partial charge in [-0.2, -0.15) is 0 Å². The van der Waals surface area contributed by atoms with Crippen molar-refractivity contribution >= 4 is 33.2 Å². The maximum absolute atomic E-state index is 6.04. The van der Waals surface area contributed by atoms with E-state index in [2.05, 4.69) is 33.2 Å². The molecule has 1 atom stereocenters. The fourth-order valence-corrected chi connectivity index (χ4v) is 2.12. The molecule has 0 radical (unpaired) electrons. The largest absolute Gasteiger partial charge is 0.378 e. The normalized spacial score (nSPS) is 12.2. The van der Waals surface area contributed by atoms with Crippen LogP contribution in [0.25, 0.3) is 0 Å². The van der Waals surface area contributed by atoms with E-state index in [-0.39, 0.29) is 6.04 Å². The molecule has 88 valence electrons. The zero-order valence-electron chi connectivity index (χ0n) is 9.32.